The van der Waals surface area contributed by atoms with Gasteiger partial charge in [0.15, 0.2) is 0 Å². The summed E-state index contributed by atoms with van der Waals surface area (Å²) >= 11 is -1.88. The van der Waals surface area contributed by atoms with Crippen molar-refractivity contribution in [3.05, 3.63) is 54.3 Å². The predicted octanol–water partition coefficient (Wildman–Crippen LogP) is 1.64. The summed E-state index contributed by atoms with van der Waals surface area (Å²) in [6, 6.07) is 14.8. The third kappa shape index (κ3) is 3.61. The van der Waals surface area contributed by atoms with E-state index < -0.39 is 13.8 Å². The van der Waals surface area contributed by atoms with Gasteiger partial charge in [0.2, 0.25) is 0 Å². The summed E-state index contributed by atoms with van der Waals surface area (Å²) in [5.41, 5.74) is 2.95. The van der Waals surface area contributed by atoms with Gasteiger partial charge < -0.3 is 0 Å². The van der Waals surface area contributed by atoms with Crippen molar-refractivity contribution in [2.24, 2.45) is 0 Å². The monoisotopic (exact) mass is 407 g/mol. The van der Waals surface area contributed by atoms with E-state index in [2.05, 4.69) is 20.8 Å². The number of hydrogen-bond donors (Lipinski definition) is 0. The van der Waals surface area contributed by atoms with Crippen molar-refractivity contribution in [2.75, 3.05) is 54.5 Å². The second-order valence-corrected chi connectivity index (χ2v) is 9.43. The Kier molecular flexibility index (Phi) is 4.84. The Morgan fingerprint density at radius 1 is 0.920 bits per heavy atom. The van der Waals surface area contributed by atoms with E-state index in [-0.39, 0.29) is 5.82 Å². The zero-order valence-corrected chi connectivity index (χ0v) is 15.8. The third-order valence-electron chi connectivity index (χ3n) is 4.97. The molecule has 2 heterocycles. The standard InChI is InChI=1S/C19H22FN3OSe/c20-16-5-7-17(8-6-16)22-12-9-21(10-13-22)11-14-23-15-25(24)19-4-2-1-3-18(19)23/h1-8H,9-15H2. The SMILES string of the molecule is O=[Se]1CN(CCN2CCN(c3ccc(F)cc3)CC2)c2ccccc21. The van der Waals surface area contributed by atoms with Gasteiger partial charge in [0, 0.05) is 0 Å². The van der Waals surface area contributed by atoms with Crippen molar-refractivity contribution in [1.29, 1.82) is 0 Å². The van der Waals surface area contributed by atoms with Crippen LogP contribution in [-0.2, 0) is 3.83 Å². The van der Waals surface area contributed by atoms with Gasteiger partial charge in [0.05, 0.1) is 0 Å². The van der Waals surface area contributed by atoms with E-state index in [9.17, 15) is 8.23 Å². The van der Waals surface area contributed by atoms with Crippen LogP contribution in [0, 0.1) is 5.82 Å². The maximum absolute atomic E-state index is 13.0. The van der Waals surface area contributed by atoms with Crippen LogP contribution in [0.15, 0.2) is 48.5 Å². The summed E-state index contributed by atoms with van der Waals surface area (Å²) in [5, 5.41) is 0. The normalized spacial score (nSPS) is 20.8. The van der Waals surface area contributed by atoms with Crippen LogP contribution in [0.4, 0.5) is 15.8 Å². The predicted molar refractivity (Wildman–Crippen MR) is 99.8 cm³/mol. The topological polar surface area (TPSA) is 26.8 Å². The Balaban J connectivity index is 1.30. The number of para-hydroxylation sites is 1. The molecule has 2 aromatic rings. The van der Waals surface area contributed by atoms with Crippen LogP contribution in [-0.4, -0.2) is 63.4 Å². The molecule has 4 nitrogen and oxygen atoms in total. The van der Waals surface area contributed by atoms with E-state index in [0.29, 0.717) is 5.44 Å². The van der Waals surface area contributed by atoms with Crippen LogP contribution >= 0.6 is 0 Å². The fourth-order valence-electron chi connectivity index (χ4n) is 3.52. The molecule has 0 aliphatic carbocycles. The summed E-state index contributed by atoms with van der Waals surface area (Å²) in [5.74, 6) is -0.187. The summed E-state index contributed by atoms with van der Waals surface area (Å²) in [6.45, 7) is 5.84. The molecule has 132 valence electrons. The van der Waals surface area contributed by atoms with E-state index in [1.165, 1.54) is 12.1 Å². The van der Waals surface area contributed by atoms with Crippen LogP contribution in [0.1, 0.15) is 0 Å². The van der Waals surface area contributed by atoms with Crippen molar-refractivity contribution in [1.82, 2.24) is 4.90 Å². The van der Waals surface area contributed by atoms with Gasteiger partial charge in [-0.15, -0.1) is 0 Å². The number of benzene rings is 2. The molecule has 4 rings (SSSR count). The minimum atomic E-state index is -1.88. The molecule has 0 saturated carbocycles. The molecule has 1 saturated heterocycles. The zero-order valence-electron chi connectivity index (χ0n) is 14.1. The molecule has 0 aromatic heterocycles. The van der Waals surface area contributed by atoms with Crippen LogP contribution in [0.2, 0.25) is 0 Å². The first kappa shape index (κ1) is 16.7. The summed E-state index contributed by atoms with van der Waals surface area (Å²) < 4.78 is 26.4. The number of nitrogens with zero attached hydrogens (tertiary/aromatic N) is 3. The second-order valence-electron chi connectivity index (χ2n) is 6.51. The number of piperazine rings is 1. The van der Waals surface area contributed by atoms with Crippen molar-refractivity contribution >= 4 is 29.7 Å². The number of hydrogen-bond acceptors (Lipinski definition) is 4. The van der Waals surface area contributed by atoms with Crippen LogP contribution in [0.25, 0.3) is 0 Å². The van der Waals surface area contributed by atoms with Gasteiger partial charge in [-0.1, -0.05) is 0 Å². The van der Waals surface area contributed by atoms with E-state index >= 15 is 0 Å². The van der Waals surface area contributed by atoms with Crippen molar-refractivity contribution in [3.8, 4) is 0 Å². The first-order valence-electron chi connectivity index (χ1n) is 8.66. The third-order valence-corrected chi connectivity index (χ3v) is 7.87. The molecule has 1 fully saturated rings. The van der Waals surface area contributed by atoms with E-state index in [4.69, 9.17) is 0 Å². The molecule has 0 spiro atoms. The Morgan fingerprint density at radius 3 is 2.40 bits per heavy atom. The Bertz CT molecular complexity index is 760. The molecule has 6 heteroatoms. The van der Waals surface area contributed by atoms with Crippen molar-refractivity contribution in [3.63, 3.8) is 0 Å². The average Bonchev–Trinajstić information content (AvgIpc) is 2.98. The molecule has 0 amide bonds. The summed E-state index contributed by atoms with van der Waals surface area (Å²) in [7, 11) is 0. The molecule has 0 N–H and O–H groups in total. The fraction of sp³-hybridized carbons (Fsp3) is 0.368. The molecule has 2 aliphatic rings. The molecule has 2 aromatic carbocycles. The Hall–Kier alpha value is -1.75. The van der Waals surface area contributed by atoms with Gasteiger partial charge in [-0.05, 0) is 0 Å². The number of anilines is 2. The minimum absolute atomic E-state index is 0.187. The molecule has 25 heavy (non-hydrogen) atoms. The van der Waals surface area contributed by atoms with Gasteiger partial charge in [0.25, 0.3) is 0 Å². The quantitative estimate of drug-likeness (QED) is 0.722. The molecular weight excluding hydrogens is 384 g/mol. The van der Waals surface area contributed by atoms with Gasteiger partial charge in [0.1, 0.15) is 0 Å². The number of halogens is 1. The fourth-order valence-corrected chi connectivity index (χ4v) is 6.35. The van der Waals surface area contributed by atoms with Gasteiger partial charge in [-0.25, -0.2) is 4.39 Å². The summed E-state index contributed by atoms with van der Waals surface area (Å²) in [4.78, 5) is 7.04. The molecule has 1 atom stereocenters. The Morgan fingerprint density at radius 2 is 1.64 bits per heavy atom. The van der Waals surface area contributed by atoms with Crippen LogP contribution < -0.4 is 14.3 Å². The molecule has 0 bridgehead atoms. The van der Waals surface area contributed by atoms with Gasteiger partial charge in [-0.2, -0.15) is 0 Å². The molecule has 2 aliphatic heterocycles. The first-order valence-corrected chi connectivity index (χ1v) is 11.4. The van der Waals surface area contributed by atoms with E-state index in [1.54, 1.807) is 0 Å². The molecule has 0 radical (unpaired) electrons. The molecular formula is C19H22FN3OSe. The molecule has 1 unspecified atom stereocenters. The summed E-state index contributed by atoms with van der Waals surface area (Å²) in [6.07, 6.45) is 0. The van der Waals surface area contributed by atoms with Gasteiger partial charge in [-0.3, -0.25) is 0 Å². The first-order chi connectivity index (χ1) is 12.2. The van der Waals surface area contributed by atoms with Gasteiger partial charge >= 0.3 is 147 Å². The van der Waals surface area contributed by atoms with E-state index in [1.807, 2.05) is 30.3 Å². The van der Waals surface area contributed by atoms with Crippen LogP contribution in [0.3, 0.4) is 0 Å². The van der Waals surface area contributed by atoms with Crippen molar-refractivity contribution in [2.45, 2.75) is 0 Å². The van der Waals surface area contributed by atoms with Crippen LogP contribution in [0.5, 0.6) is 0 Å². The number of fused-ring (bicyclic) bond motifs is 1. The maximum atomic E-state index is 13.0. The van der Waals surface area contributed by atoms with E-state index in [0.717, 1.165) is 55.1 Å². The Labute approximate surface area is 151 Å². The zero-order chi connectivity index (χ0) is 17.2. The second kappa shape index (κ2) is 7.24. The van der Waals surface area contributed by atoms with Crippen molar-refractivity contribution < 1.29 is 8.23 Å². The number of rotatable bonds is 4. The average molecular weight is 406 g/mol.